The monoisotopic (exact) mass is 534 g/mol. The van der Waals surface area contributed by atoms with Gasteiger partial charge >= 0.3 is 23.9 Å². The van der Waals surface area contributed by atoms with Crippen LogP contribution in [-0.2, 0) is 42.9 Å². The van der Waals surface area contributed by atoms with Gasteiger partial charge in [0.1, 0.15) is 29.3 Å². The van der Waals surface area contributed by atoms with Crippen molar-refractivity contribution < 1.29 is 48.0 Å². The molecule has 0 aromatic rings. The van der Waals surface area contributed by atoms with Gasteiger partial charge in [0.25, 0.3) is 0 Å². The number of ketones is 1. The molecule has 2 bridgehead atoms. The van der Waals surface area contributed by atoms with Gasteiger partial charge in [-0.2, -0.15) is 0 Å². The fourth-order valence-electron chi connectivity index (χ4n) is 8.70. The van der Waals surface area contributed by atoms with Crippen molar-refractivity contribution in [2.75, 3.05) is 0 Å². The smallest absolute Gasteiger partial charge is 0.303 e. The number of ether oxygens (including phenoxy) is 4. The third kappa shape index (κ3) is 3.73. The lowest BCUT2D eigenvalue weighted by Crippen LogP contribution is -2.76. The van der Waals surface area contributed by atoms with E-state index in [-0.39, 0.29) is 29.7 Å². The van der Waals surface area contributed by atoms with Crippen molar-refractivity contribution in [2.45, 2.75) is 104 Å². The Kier molecular flexibility index (Phi) is 6.61. The standard InChI is InChI=1S/C28H38O10/c1-13-23(33)28-21(37-16(4)31)11-19-25(6,7)10-9-20(36-15(3)30)26(19,8)22(28)18(35-14(2)29)12-27(13,34)24(28)38-17(5)32/h18-22,24,34H,1,9-12H2,2-8H3. The van der Waals surface area contributed by atoms with E-state index in [0.29, 0.717) is 12.8 Å². The topological polar surface area (TPSA) is 143 Å². The number of Topliss-reactive ketones (excluding diaryl/α,β-unsaturated/α-hetero) is 1. The van der Waals surface area contributed by atoms with Crippen LogP contribution in [0, 0.1) is 28.1 Å². The number of carbonyl (C=O) groups is 5. The minimum Gasteiger partial charge on any atom is -0.462 e. The zero-order valence-corrected chi connectivity index (χ0v) is 23.1. The minimum atomic E-state index is -2.05. The van der Waals surface area contributed by atoms with Crippen molar-refractivity contribution in [1.82, 2.24) is 0 Å². The van der Waals surface area contributed by atoms with Crippen molar-refractivity contribution >= 4 is 29.7 Å². The van der Waals surface area contributed by atoms with Gasteiger partial charge < -0.3 is 24.1 Å². The molecule has 0 aromatic carbocycles. The van der Waals surface area contributed by atoms with Gasteiger partial charge in [0.2, 0.25) is 0 Å². The molecule has 9 atom stereocenters. The van der Waals surface area contributed by atoms with E-state index in [1.165, 1.54) is 27.7 Å². The van der Waals surface area contributed by atoms with Crippen LogP contribution in [0.15, 0.2) is 12.2 Å². The Labute approximate surface area is 222 Å². The highest BCUT2D eigenvalue weighted by molar-refractivity contribution is 6.07. The van der Waals surface area contributed by atoms with E-state index >= 15 is 0 Å². The highest BCUT2D eigenvalue weighted by Gasteiger charge is 2.84. The minimum absolute atomic E-state index is 0.178. The average Bonchev–Trinajstić information content (AvgIpc) is 2.85. The van der Waals surface area contributed by atoms with Crippen LogP contribution in [-0.4, -0.2) is 64.8 Å². The van der Waals surface area contributed by atoms with Crippen LogP contribution < -0.4 is 0 Å². The molecule has 4 aliphatic carbocycles. The van der Waals surface area contributed by atoms with Gasteiger partial charge in [-0.1, -0.05) is 27.4 Å². The highest BCUT2D eigenvalue weighted by atomic mass is 16.6. The maximum Gasteiger partial charge on any atom is 0.303 e. The summed E-state index contributed by atoms with van der Waals surface area (Å²) in [5.41, 5.74) is -5.41. The number of hydrogen-bond donors (Lipinski definition) is 1. The highest BCUT2D eigenvalue weighted by Crippen LogP contribution is 2.73. The molecule has 4 fully saturated rings. The van der Waals surface area contributed by atoms with Crippen LogP contribution in [0.3, 0.4) is 0 Å². The SMILES string of the molecule is C=C1C(=O)C23C(OC(C)=O)CC4C(C)(C)CCC(OC(C)=O)C4(C)C2C(OC(C)=O)CC1(O)C3OC(C)=O. The Balaban J connectivity index is 2.09. The van der Waals surface area contributed by atoms with Gasteiger partial charge in [-0.3, -0.25) is 24.0 Å². The predicted octanol–water partition coefficient (Wildman–Crippen LogP) is 2.44. The second-order valence-electron chi connectivity index (χ2n) is 12.4. The van der Waals surface area contributed by atoms with Crippen LogP contribution in [0.5, 0.6) is 0 Å². The Morgan fingerprint density at radius 1 is 0.868 bits per heavy atom. The van der Waals surface area contributed by atoms with Crippen molar-refractivity contribution in [3.63, 3.8) is 0 Å². The molecule has 10 nitrogen and oxygen atoms in total. The molecular formula is C28H38O10. The van der Waals surface area contributed by atoms with Gasteiger partial charge in [0.05, 0.1) is 0 Å². The molecule has 9 unspecified atom stereocenters. The van der Waals surface area contributed by atoms with Crippen LogP contribution in [0.4, 0.5) is 0 Å². The van der Waals surface area contributed by atoms with Gasteiger partial charge in [0.15, 0.2) is 11.9 Å². The number of carbonyl (C=O) groups excluding carboxylic acids is 5. The second kappa shape index (κ2) is 8.89. The number of rotatable bonds is 4. The molecule has 0 amide bonds. The quantitative estimate of drug-likeness (QED) is 0.325. The average molecular weight is 535 g/mol. The Morgan fingerprint density at radius 2 is 1.39 bits per heavy atom. The Morgan fingerprint density at radius 3 is 1.92 bits per heavy atom. The molecule has 1 spiro atoms. The summed E-state index contributed by atoms with van der Waals surface area (Å²) in [5, 5.41) is 11.9. The first-order chi connectivity index (χ1) is 17.4. The number of hydrogen-bond acceptors (Lipinski definition) is 10. The summed E-state index contributed by atoms with van der Waals surface area (Å²) in [5.74, 6) is -4.34. The molecule has 0 radical (unpaired) electrons. The lowest BCUT2D eigenvalue weighted by Gasteiger charge is -2.68. The first-order valence-corrected chi connectivity index (χ1v) is 13.1. The summed E-state index contributed by atoms with van der Waals surface area (Å²) in [4.78, 5) is 63.9. The van der Waals surface area contributed by atoms with E-state index in [9.17, 15) is 29.1 Å². The fourth-order valence-corrected chi connectivity index (χ4v) is 8.70. The first-order valence-electron chi connectivity index (χ1n) is 13.1. The molecule has 38 heavy (non-hydrogen) atoms. The lowest BCUT2D eigenvalue weighted by atomic mass is 9.38. The predicted molar refractivity (Wildman–Crippen MR) is 131 cm³/mol. The first kappa shape index (κ1) is 28.3. The Hall–Kier alpha value is -2.75. The van der Waals surface area contributed by atoms with Crippen molar-refractivity contribution in [3.8, 4) is 0 Å². The zero-order chi connectivity index (χ0) is 28.6. The molecule has 0 aliphatic heterocycles. The van der Waals surface area contributed by atoms with Gasteiger partial charge in [-0.25, -0.2) is 0 Å². The zero-order valence-electron chi connectivity index (χ0n) is 23.1. The van der Waals surface area contributed by atoms with E-state index < -0.39 is 76.4 Å². The molecule has 4 saturated carbocycles. The maximum absolute atomic E-state index is 14.4. The molecule has 0 aromatic heterocycles. The normalized spacial score (nSPS) is 42.8. The summed E-state index contributed by atoms with van der Waals surface area (Å²) >= 11 is 0. The third-order valence-electron chi connectivity index (χ3n) is 9.77. The van der Waals surface area contributed by atoms with E-state index in [0.717, 1.165) is 0 Å². The second-order valence-corrected chi connectivity index (χ2v) is 12.4. The van der Waals surface area contributed by atoms with E-state index in [2.05, 4.69) is 20.4 Å². The van der Waals surface area contributed by atoms with Gasteiger partial charge in [-0.15, -0.1) is 0 Å². The van der Waals surface area contributed by atoms with Crippen molar-refractivity contribution in [3.05, 3.63) is 12.2 Å². The molecule has 4 aliphatic rings. The van der Waals surface area contributed by atoms with Crippen molar-refractivity contribution in [2.24, 2.45) is 28.1 Å². The summed E-state index contributed by atoms with van der Waals surface area (Å²) in [6.07, 6.45) is -3.22. The summed E-state index contributed by atoms with van der Waals surface area (Å²) in [6, 6.07) is 0. The molecule has 10 heteroatoms. The summed E-state index contributed by atoms with van der Waals surface area (Å²) in [6.45, 7) is 14.9. The van der Waals surface area contributed by atoms with E-state index in [4.69, 9.17) is 18.9 Å². The van der Waals surface area contributed by atoms with Crippen LogP contribution >= 0.6 is 0 Å². The van der Waals surface area contributed by atoms with E-state index in [1.807, 2.05) is 6.92 Å². The lowest BCUT2D eigenvalue weighted by molar-refractivity contribution is -0.298. The third-order valence-corrected chi connectivity index (χ3v) is 9.77. The number of esters is 4. The molecule has 0 heterocycles. The largest absolute Gasteiger partial charge is 0.462 e. The van der Waals surface area contributed by atoms with Gasteiger partial charge in [-0.05, 0) is 30.6 Å². The number of aliphatic hydroxyl groups is 1. The van der Waals surface area contributed by atoms with Crippen molar-refractivity contribution in [1.29, 1.82) is 0 Å². The molecular weight excluding hydrogens is 496 g/mol. The number of fused-ring (bicyclic) bond motifs is 3. The molecule has 210 valence electrons. The van der Waals surface area contributed by atoms with Crippen LogP contribution in [0.1, 0.15) is 74.1 Å². The van der Waals surface area contributed by atoms with Crippen LogP contribution in [0.2, 0.25) is 0 Å². The molecule has 0 saturated heterocycles. The Bertz CT molecular complexity index is 1110. The van der Waals surface area contributed by atoms with E-state index in [1.54, 1.807) is 0 Å². The summed E-state index contributed by atoms with van der Waals surface area (Å²) in [7, 11) is 0. The van der Waals surface area contributed by atoms with Crippen LogP contribution in [0.25, 0.3) is 0 Å². The molecule has 1 N–H and O–H groups in total. The maximum atomic E-state index is 14.4. The fraction of sp³-hybridized carbons (Fsp3) is 0.750. The summed E-state index contributed by atoms with van der Waals surface area (Å²) < 4.78 is 23.3. The van der Waals surface area contributed by atoms with Gasteiger partial charge in [0, 0.05) is 51.0 Å². The molecule has 4 rings (SSSR count).